The lowest BCUT2D eigenvalue weighted by Gasteiger charge is -2.28. The second-order valence-corrected chi connectivity index (χ2v) is 4.62. The molecule has 2 amide bonds. The minimum Gasteiger partial charge on any atom is -0.378 e. The molecule has 0 fully saturated rings. The van der Waals surface area contributed by atoms with Gasteiger partial charge >= 0.3 is 18.0 Å². The van der Waals surface area contributed by atoms with Gasteiger partial charge in [-0.15, -0.1) is 0 Å². The number of nitrogens with two attached hydrogens (primary N) is 2. The van der Waals surface area contributed by atoms with Gasteiger partial charge < -0.3 is 16.8 Å². The molecule has 0 aliphatic heterocycles. The largest absolute Gasteiger partial charge is 0.459 e. The number of nitrogens with one attached hydrogen (secondary N) is 1. The Morgan fingerprint density at radius 1 is 0.958 bits per heavy atom. The van der Waals surface area contributed by atoms with Crippen molar-refractivity contribution in [1.82, 2.24) is 0 Å². The number of carbonyl (C=O) groups excluding carboxylic acids is 2. The van der Waals surface area contributed by atoms with Crippen molar-refractivity contribution >= 4 is 17.5 Å². The predicted octanol–water partition coefficient (Wildman–Crippen LogP) is 2.13. The molecule has 0 unspecified atom stereocenters. The molecule has 0 atom stereocenters. The maximum absolute atomic E-state index is 13.2. The summed E-state index contributed by atoms with van der Waals surface area (Å²) in [7, 11) is 0. The Morgan fingerprint density at radius 3 is 1.92 bits per heavy atom. The van der Waals surface area contributed by atoms with E-state index in [4.69, 9.17) is 11.5 Å². The van der Waals surface area contributed by atoms with Crippen LogP contribution < -0.4 is 16.8 Å². The van der Waals surface area contributed by atoms with Gasteiger partial charge in [0.05, 0.1) is 12.1 Å². The average Bonchev–Trinajstić information content (AvgIpc) is 2.43. The Balaban J connectivity index is 3.15. The van der Waals surface area contributed by atoms with E-state index in [-0.39, 0.29) is 5.56 Å². The zero-order valence-corrected chi connectivity index (χ0v) is 11.6. The van der Waals surface area contributed by atoms with Gasteiger partial charge in [0.15, 0.2) is 0 Å². The van der Waals surface area contributed by atoms with Crippen LogP contribution in [0.1, 0.15) is 20.7 Å². The summed E-state index contributed by atoms with van der Waals surface area (Å²) in [5.74, 6) is -14.1. The predicted molar refractivity (Wildman–Crippen MR) is 67.9 cm³/mol. The number of halogens is 7. The van der Waals surface area contributed by atoms with Crippen molar-refractivity contribution in [3.8, 4) is 0 Å². The highest BCUT2D eigenvalue weighted by molar-refractivity contribution is 6.01. The van der Waals surface area contributed by atoms with Crippen molar-refractivity contribution in [3.63, 3.8) is 0 Å². The maximum Gasteiger partial charge on any atom is 0.459 e. The summed E-state index contributed by atoms with van der Waals surface area (Å²) in [5, 5.41) is 1.57. The molecule has 5 N–H and O–H groups in total. The molecule has 0 saturated carbocycles. The Labute approximate surface area is 129 Å². The lowest BCUT2D eigenvalue weighted by atomic mass is 10.1. The van der Waals surface area contributed by atoms with E-state index in [0.29, 0.717) is 0 Å². The van der Waals surface area contributed by atoms with Gasteiger partial charge in [-0.25, -0.2) is 0 Å². The summed E-state index contributed by atoms with van der Waals surface area (Å²) < 4.78 is 88.2. The molecule has 0 aromatic heterocycles. The van der Waals surface area contributed by atoms with Crippen LogP contribution in [0.15, 0.2) is 18.2 Å². The van der Waals surface area contributed by atoms with E-state index in [1.807, 2.05) is 0 Å². The average molecular weight is 361 g/mol. The van der Waals surface area contributed by atoms with Gasteiger partial charge in [-0.1, -0.05) is 0 Å². The van der Waals surface area contributed by atoms with Crippen molar-refractivity contribution in [2.75, 3.05) is 11.9 Å². The van der Waals surface area contributed by atoms with Crippen molar-refractivity contribution in [3.05, 3.63) is 29.3 Å². The van der Waals surface area contributed by atoms with Crippen LogP contribution in [0.5, 0.6) is 0 Å². The highest BCUT2D eigenvalue weighted by atomic mass is 19.4. The van der Waals surface area contributed by atoms with Crippen molar-refractivity contribution in [2.24, 2.45) is 11.5 Å². The van der Waals surface area contributed by atoms with Gasteiger partial charge in [0.2, 0.25) is 5.91 Å². The smallest absolute Gasteiger partial charge is 0.378 e. The Morgan fingerprint density at radius 2 is 1.50 bits per heavy atom. The molecule has 0 radical (unpaired) electrons. The fraction of sp³-hybridized carbons (Fsp3) is 0.333. The van der Waals surface area contributed by atoms with Gasteiger partial charge in [-0.05, 0) is 18.2 Å². The fourth-order valence-electron chi connectivity index (χ4n) is 1.58. The van der Waals surface area contributed by atoms with E-state index in [0.717, 1.165) is 18.2 Å². The highest BCUT2D eigenvalue weighted by Gasteiger charge is 2.72. The van der Waals surface area contributed by atoms with Gasteiger partial charge in [-0.3, -0.25) is 9.59 Å². The molecular formula is C12H10F7N3O2. The molecule has 0 bridgehead atoms. The summed E-state index contributed by atoms with van der Waals surface area (Å²) in [4.78, 5) is 22.1. The van der Waals surface area contributed by atoms with E-state index in [1.165, 1.54) is 0 Å². The summed E-state index contributed by atoms with van der Waals surface area (Å²) in [6.45, 7) is -2.18. The highest BCUT2D eigenvalue weighted by Crippen LogP contribution is 2.46. The van der Waals surface area contributed by atoms with E-state index >= 15 is 0 Å². The maximum atomic E-state index is 13.2. The topological polar surface area (TPSA) is 98.2 Å². The van der Waals surface area contributed by atoms with Crippen molar-refractivity contribution in [1.29, 1.82) is 0 Å². The molecule has 0 aliphatic rings. The SMILES string of the molecule is NC(=O)c1ccc(C(N)=O)c(NCC(F)(F)C(F)(F)C(F)(F)F)c1. The van der Waals surface area contributed by atoms with E-state index in [9.17, 15) is 40.3 Å². The molecule has 0 aliphatic carbocycles. The molecule has 12 heteroatoms. The second-order valence-electron chi connectivity index (χ2n) is 4.62. The Kier molecular flexibility index (Phi) is 5.02. The third-order valence-electron chi connectivity index (χ3n) is 2.89. The number of alkyl halides is 7. The van der Waals surface area contributed by atoms with Gasteiger partial charge in [0.1, 0.15) is 0 Å². The van der Waals surface area contributed by atoms with E-state index in [2.05, 4.69) is 0 Å². The van der Waals surface area contributed by atoms with E-state index < -0.39 is 47.6 Å². The molecule has 0 heterocycles. The Hall–Kier alpha value is -2.53. The van der Waals surface area contributed by atoms with Crippen molar-refractivity contribution < 1.29 is 40.3 Å². The zero-order valence-electron chi connectivity index (χ0n) is 11.6. The molecule has 5 nitrogen and oxygen atoms in total. The number of rotatable bonds is 6. The molecule has 0 spiro atoms. The number of hydrogen-bond acceptors (Lipinski definition) is 3. The molecule has 1 aromatic rings. The molecular weight excluding hydrogens is 351 g/mol. The van der Waals surface area contributed by atoms with Crippen LogP contribution in [0.3, 0.4) is 0 Å². The quantitative estimate of drug-likeness (QED) is 0.677. The van der Waals surface area contributed by atoms with Crippen LogP contribution in [0.2, 0.25) is 0 Å². The lowest BCUT2D eigenvalue weighted by Crippen LogP contribution is -2.55. The lowest BCUT2D eigenvalue weighted by molar-refractivity contribution is -0.350. The second kappa shape index (κ2) is 6.17. The molecule has 134 valence electrons. The van der Waals surface area contributed by atoms with E-state index in [1.54, 1.807) is 5.32 Å². The molecule has 1 aromatic carbocycles. The number of carbonyl (C=O) groups is 2. The van der Waals surface area contributed by atoms with Gasteiger partial charge in [0, 0.05) is 11.3 Å². The summed E-state index contributed by atoms with van der Waals surface area (Å²) >= 11 is 0. The van der Waals surface area contributed by atoms with Gasteiger partial charge in [0.25, 0.3) is 5.91 Å². The monoisotopic (exact) mass is 361 g/mol. The molecule has 24 heavy (non-hydrogen) atoms. The molecule has 1 rings (SSSR count). The number of anilines is 1. The zero-order chi connectivity index (χ0) is 18.9. The third-order valence-corrected chi connectivity index (χ3v) is 2.89. The van der Waals surface area contributed by atoms with Gasteiger partial charge in [-0.2, -0.15) is 30.7 Å². The summed E-state index contributed by atoms with van der Waals surface area (Å²) in [5.41, 5.74) is 8.38. The van der Waals surface area contributed by atoms with Crippen LogP contribution in [-0.2, 0) is 0 Å². The number of amides is 2. The minimum atomic E-state index is -6.49. The normalized spacial score (nSPS) is 12.8. The van der Waals surface area contributed by atoms with Crippen LogP contribution in [0.25, 0.3) is 0 Å². The van der Waals surface area contributed by atoms with Crippen LogP contribution in [0.4, 0.5) is 36.4 Å². The first-order valence-electron chi connectivity index (χ1n) is 6.00. The summed E-state index contributed by atoms with van der Waals surface area (Å²) in [6.07, 6.45) is -6.49. The standard InChI is InChI=1S/C12H10F7N3O2/c13-10(14,11(15,16)12(17,18)19)4-22-7-3-5(8(20)23)1-2-6(7)9(21)24/h1-3,22H,4H2,(H2,20,23)(H2,21,24). The minimum absolute atomic E-state index is 0.312. The summed E-state index contributed by atoms with van der Waals surface area (Å²) in [6, 6.07) is 2.60. The molecule has 0 saturated heterocycles. The number of primary amides is 2. The van der Waals surface area contributed by atoms with Crippen LogP contribution in [-0.4, -0.2) is 36.4 Å². The van der Waals surface area contributed by atoms with Crippen molar-refractivity contribution in [2.45, 2.75) is 18.0 Å². The Bertz CT molecular complexity index is 659. The first-order chi connectivity index (χ1) is 10.7. The third kappa shape index (κ3) is 3.68. The fourth-order valence-corrected chi connectivity index (χ4v) is 1.58. The first-order valence-corrected chi connectivity index (χ1v) is 6.00. The van der Waals surface area contributed by atoms with Crippen LogP contribution >= 0.6 is 0 Å². The number of hydrogen-bond donors (Lipinski definition) is 3. The number of benzene rings is 1. The first kappa shape index (κ1) is 19.5. The van der Waals surface area contributed by atoms with Crippen LogP contribution in [0, 0.1) is 0 Å².